The van der Waals surface area contributed by atoms with Gasteiger partial charge in [-0.15, -0.1) is 0 Å². The van der Waals surface area contributed by atoms with E-state index in [1.807, 2.05) is 23.1 Å². The van der Waals surface area contributed by atoms with Crippen molar-refractivity contribution in [3.05, 3.63) is 47.0 Å². The SMILES string of the molecule is Cc1ccc(C(=O)N2CC3CC=CCC3C2)cc1C. The van der Waals surface area contributed by atoms with Crippen LogP contribution in [0.15, 0.2) is 30.4 Å². The van der Waals surface area contributed by atoms with E-state index < -0.39 is 0 Å². The van der Waals surface area contributed by atoms with Gasteiger partial charge in [0.25, 0.3) is 5.91 Å². The molecule has 2 nitrogen and oxygen atoms in total. The lowest BCUT2D eigenvalue weighted by atomic mass is 9.86. The number of allylic oxidation sites excluding steroid dienone is 2. The average molecular weight is 255 g/mol. The number of carbonyl (C=O) groups is 1. The number of aryl methyl sites for hydroxylation is 2. The molecule has 0 bridgehead atoms. The largest absolute Gasteiger partial charge is 0.338 e. The zero-order chi connectivity index (χ0) is 13.4. The Morgan fingerprint density at radius 3 is 2.26 bits per heavy atom. The van der Waals surface area contributed by atoms with E-state index in [0.29, 0.717) is 11.8 Å². The van der Waals surface area contributed by atoms with Crippen LogP contribution in [0.2, 0.25) is 0 Å². The minimum atomic E-state index is 0.206. The van der Waals surface area contributed by atoms with Crippen molar-refractivity contribution in [2.75, 3.05) is 13.1 Å². The summed E-state index contributed by atoms with van der Waals surface area (Å²) >= 11 is 0. The third-order valence-electron chi connectivity index (χ3n) is 4.66. The molecular weight excluding hydrogens is 234 g/mol. The highest BCUT2D eigenvalue weighted by Crippen LogP contribution is 2.33. The summed E-state index contributed by atoms with van der Waals surface area (Å²) in [4.78, 5) is 14.6. The highest BCUT2D eigenvalue weighted by atomic mass is 16.2. The lowest BCUT2D eigenvalue weighted by molar-refractivity contribution is 0.0784. The van der Waals surface area contributed by atoms with Gasteiger partial charge in [-0.05, 0) is 61.8 Å². The summed E-state index contributed by atoms with van der Waals surface area (Å²) in [6.07, 6.45) is 6.82. The van der Waals surface area contributed by atoms with Gasteiger partial charge >= 0.3 is 0 Å². The monoisotopic (exact) mass is 255 g/mol. The van der Waals surface area contributed by atoms with Crippen molar-refractivity contribution in [3.63, 3.8) is 0 Å². The molecule has 1 amide bonds. The van der Waals surface area contributed by atoms with Crippen molar-refractivity contribution < 1.29 is 4.79 Å². The Kier molecular flexibility index (Phi) is 3.17. The molecule has 19 heavy (non-hydrogen) atoms. The van der Waals surface area contributed by atoms with E-state index >= 15 is 0 Å². The van der Waals surface area contributed by atoms with Gasteiger partial charge in [0.05, 0.1) is 0 Å². The van der Waals surface area contributed by atoms with Crippen LogP contribution < -0.4 is 0 Å². The Morgan fingerprint density at radius 1 is 1.05 bits per heavy atom. The van der Waals surface area contributed by atoms with Crippen LogP contribution in [0.4, 0.5) is 0 Å². The van der Waals surface area contributed by atoms with Crippen molar-refractivity contribution >= 4 is 5.91 Å². The van der Waals surface area contributed by atoms with Crippen LogP contribution in [0.3, 0.4) is 0 Å². The van der Waals surface area contributed by atoms with E-state index in [0.717, 1.165) is 31.5 Å². The smallest absolute Gasteiger partial charge is 0.253 e. The molecule has 0 spiro atoms. The number of amides is 1. The average Bonchev–Trinajstić information content (AvgIpc) is 2.85. The van der Waals surface area contributed by atoms with Gasteiger partial charge in [0, 0.05) is 18.7 Å². The Bertz CT molecular complexity index is 516. The predicted octanol–water partition coefficient (Wildman–Crippen LogP) is 3.34. The highest BCUT2D eigenvalue weighted by Gasteiger charge is 2.35. The van der Waals surface area contributed by atoms with Crippen LogP contribution in [-0.4, -0.2) is 23.9 Å². The van der Waals surface area contributed by atoms with Crippen LogP contribution in [-0.2, 0) is 0 Å². The maximum absolute atomic E-state index is 12.6. The minimum absolute atomic E-state index is 0.206. The topological polar surface area (TPSA) is 20.3 Å². The Morgan fingerprint density at radius 2 is 1.68 bits per heavy atom. The summed E-state index contributed by atoms with van der Waals surface area (Å²) < 4.78 is 0. The fourth-order valence-corrected chi connectivity index (χ4v) is 3.24. The Balaban J connectivity index is 1.76. The zero-order valence-electron chi connectivity index (χ0n) is 11.7. The lowest BCUT2D eigenvalue weighted by Gasteiger charge is -2.17. The summed E-state index contributed by atoms with van der Waals surface area (Å²) in [5.41, 5.74) is 3.29. The van der Waals surface area contributed by atoms with Crippen LogP contribution >= 0.6 is 0 Å². The fraction of sp³-hybridized carbons (Fsp3) is 0.471. The molecule has 2 heteroatoms. The van der Waals surface area contributed by atoms with Gasteiger partial charge in [0.1, 0.15) is 0 Å². The van der Waals surface area contributed by atoms with E-state index in [2.05, 4.69) is 26.0 Å². The second-order valence-electron chi connectivity index (χ2n) is 5.97. The number of benzene rings is 1. The molecule has 1 aliphatic carbocycles. The van der Waals surface area contributed by atoms with Crippen molar-refractivity contribution in [1.82, 2.24) is 4.90 Å². The first-order valence-corrected chi connectivity index (χ1v) is 7.16. The third-order valence-corrected chi connectivity index (χ3v) is 4.66. The fourth-order valence-electron chi connectivity index (χ4n) is 3.24. The number of fused-ring (bicyclic) bond motifs is 1. The maximum Gasteiger partial charge on any atom is 0.253 e. The van der Waals surface area contributed by atoms with Gasteiger partial charge in [-0.1, -0.05) is 18.2 Å². The second-order valence-corrected chi connectivity index (χ2v) is 5.97. The molecule has 0 N–H and O–H groups in total. The molecule has 2 atom stereocenters. The summed E-state index contributed by atoms with van der Waals surface area (Å²) in [5, 5.41) is 0. The Labute approximate surface area is 115 Å². The molecule has 0 radical (unpaired) electrons. The highest BCUT2D eigenvalue weighted by molar-refractivity contribution is 5.94. The number of nitrogens with zero attached hydrogens (tertiary/aromatic N) is 1. The van der Waals surface area contributed by atoms with Gasteiger partial charge in [0.15, 0.2) is 0 Å². The summed E-state index contributed by atoms with van der Waals surface area (Å²) in [7, 11) is 0. The number of likely N-dealkylation sites (tertiary alicyclic amines) is 1. The van der Waals surface area contributed by atoms with E-state index in [4.69, 9.17) is 0 Å². The van der Waals surface area contributed by atoms with E-state index in [1.165, 1.54) is 11.1 Å². The van der Waals surface area contributed by atoms with E-state index in [9.17, 15) is 4.79 Å². The molecule has 0 aromatic heterocycles. The molecule has 1 aliphatic heterocycles. The first-order chi connectivity index (χ1) is 9.15. The van der Waals surface area contributed by atoms with Gasteiger partial charge in [-0.3, -0.25) is 4.79 Å². The molecule has 1 aromatic rings. The summed E-state index contributed by atoms with van der Waals surface area (Å²) in [5.74, 6) is 1.57. The number of carbonyl (C=O) groups excluding carboxylic acids is 1. The summed E-state index contributed by atoms with van der Waals surface area (Å²) in [6.45, 7) is 6.01. The normalized spacial score (nSPS) is 25.5. The third kappa shape index (κ3) is 2.32. The Hall–Kier alpha value is -1.57. The lowest BCUT2D eigenvalue weighted by Crippen LogP contribution is -2.29. The predicted molar refractivity (Wildman–Crippen MR) is 77.2 cm³/mol. The van der Waals surface area contributed by atoms with Crippen LogP contribution in [0, 0.1) is 25.7 Å². The molecule has 0 saturated carbocycles. The second kappa shape index (κ2) is 4.84. The molecule has 2 unspecified atom stereocenters. The molecule has 1 saturated heterocycles. The summed E-state index contributed by atoms with van der Waals surface area (Å²) in [6, 6.07) is 6.04. The maximum atomic E-state index is 12.6. The van der Waals surface area contributed by atoms with Crippen molar-refractivity contribution in [3.8, 4) is 0 Å². The number of hydrogen-bond donors (Lipinski definition) is 0. The minimum Gasteiger partial charge on any atom is -0.338 e. The molecule has 3 rings (SSSR count). The molecule has 1 aromatic carbocycles. The molecule has 100 valence electrons. The van der Waals surface area contributed by atoms with E-state index in [1.54, 1.807) is 0 Å². The van der Waals surface area contributed by atoms with Gasteiger partial charge in [0.2, 0.25) is 0 Å². The standard InChI is InChI=1S/C17H21NO/c1-12-7-8-14(9-13(12)2)17(19)18-10-15-5-3-4-6-16(15)11-18/h3-4,7-9,15-16H,5-6,10-11H2,1-2H3. The van der Waals surface area contributed by atoms with Gasteiger partial charge < -0.3 is 4.90 Å². The van der Waals surface area contributed by atoms with Crippen LogP contribution in [0.1, 0.15) is 34.3 Å². The van der Waals surface area contributed by atoms with Gasteiger partial charge in [-0.2, -0.15) is 0 Å². The van der Waals surface area contributed by atoms with E-state index in [-0.39, 0.29) is 5.91 Å². The first-order valence-electron chi connectivity index (χ1n) is 7.16. The number of hydrogen-bond acceptors (Lipinski definition) is 1. The van der Waals surface area contributed by atoms with Crippen molar-refractivity contribution in [1.29, 1.82) is 0 Å². The van der Waals surface area contributed by atoms with Gasteiger partial charge in [-0.25, -0.2) is 0 Å². The molecule has 1 fully saturated rings. The van der Waals surface area contributed by atoms with Crippen molar-refractivity contribution in [2.24, 2.45) is 11.8 Å². The van der Waals surface area contributed by atoms with Crippen LogP contribution in [0.5, 0.6) is 0 Å². The van der Waals surface area contributed by atoms with Crippen molar-refractivity contribution in [2.45, 2.75) is 26.7 Å². The number of rotatable bonds is 1. The quantitative estimate of drug-likeness (QED) is 0.705. The zero-order valence-corrected chi connectivity index (χ0v) is 11.7. The molecule has 1 heterocycles. The van der Waals surface area contributed by atoms with Crippen LogP contribution in [0.25, 0.3) is 0 Å². The first kappa shape index (κ1) is 12.5. The molecule has 2 aliphatic rings. The molecular formula is C17H21NO.